The largest absolute Gasteiger partial charge is 0.455 e. The first-order chi connectivity index (χ1) is 30.2. The lowest BCUT2D eigenvalue weighted by Crippen LogP contribution is -2.10. The first-order valence-corrected chi connectivity index (χ1v) is 20.8. The summed E-state index contributed by atoms with van der Waals surface area (Å²) in [7, 11) is 0. The maximum absolute atomic E-state index is 6.72. The van der Waals surface area contributed by atoms with Crippen LogP contribution >= 0.6 is 0 Å². The molecule has 3 nitrogen and oxygen atoms in total. The van der Waals surface area contributed by atoms with Crippen molar-refractivity contribution in [3.8, 4) is 22.3 Å². The Bertz CT molecular complexity index is 3870. The highest BCUT2D eigenvalue weighted by Crippen LogP contribution is 2.46. The van der Waals surface area contributed by atoms with Crippen LogP contribution in [0.5, 0.6) is 0 Å². The molecule has 3 heteroatoms. The second kappa shape index (κ2) is 13.2. The predicted octanol–water partition coefficient (Wildman–Crippen LogP) is 16.9. The standard InChI is InChI=1S/C58H35NO2/c1-5-15-45-36(11-1)27-33-49-55-44(19-9-21-53(55)60-57(45)49)38-23-29-41(30-24-38)59(52-20-10-22-54-56(52)50-34-28-37-12-2-6-16-46(37)58(50)61-54)42-31-25-39(26-32-42)51-35-40-13-3-4-14-43(40)47-17-7-8-18-48(47)51/h1-35H. The van der Waals surface area contributed by atoms with Crippen molar-refractivity contribution in [1.82, 2.24) is 0 Å². The molecule has 0 aliphatic rings. The summed E-state index contributed by atoms with van der Waals surface area (Å²) in [6.45, 7) is 0. The topological polar surface area (TPSA) is 29.5 Å². The normalized spacial score (nSPS) is 11.9. The van der Waals surface area contributed by atoms with Crippen LogP contribution in [0.2, 0.25) is 0 Å². The Morgan fingerprint density at radius 2 is 0.787 bits per heavy atom. The van der Waals surface area contributed by atoms with Gasteiger partial charge in [0, 0.05) is 38.3 Å². The quantitative estimate of drug-likeness (QED) is 0.163. The molecule has 0 atom stereocenters. The highest BCUT2D eigenvalue weighted by Gasteiger charge is 2.22. The van der Waals surface area contributed by atoms with Crippen LogP contribution in [0.1, 0.15) is 0 Å². The van der Waals surface area contributed by atoms with E-state index in [1.54, 1.807) is 0 Å². The monoisotopic (exact) mass is 777 g/mol. The van der Waals surface area contributed by atoms with Crippen molar-refractivity contribution in [1.29, 1.82) is 0 Å². The SMILES string of the molecule is c1ccc2c(c1)cc(-c1ccc(N(c3ccc(-c4cccc5oc6c7ccccc7ccc6c45)cc3)c3cccc4oc5c6ccccc6ccc5c34)cc1)c1ccccc12. The van der Waals surface area contributed by atoms with Crippen LogP contribution in [0.15, 0.2) is 221 Å². The minimum absolute atomic E-state index is 0.857. The molecule has 13 aromatic rings. The summed E-state index contributed by atoms with van der Waals surface area (Å²) in [5, 5.41) is 14.0. The zero-order valence-corrected chi connectivity index (χ0v) is 33.0. The Kier molecular flexibility index (Phi) is 7.31. The molecule has 0 unspecified atom stereocenters. The van der Waals surface area contributed by atoms with E-state index < -0.39 is 0 Å². The molecule has 284 valence electrons. The van der Waals surface area contributed by atoms with Gasteiger partial charge in [0.05, 0.1) is 11.1 Å². The molecule has 13 rings (SSSR count). The van der Waals surface area contributed by atoms with Crippen LogP contribution in [0.25, 0.3) is 109 Å². The minimum atomic E-state index is 0.857. The van der Waals surface area contributed by atoms with E-state index in [0.717, 1.165) is 88.2 Å². The van der Waals surface area contributed by atoms with Gasteiger partial charge in [-0.2, -0.15) is 0 Å². The van der Waals surface area contributed by atoms with Gasteiger partial charge >= 0.3 is 0 Å². The van der Waals surface area contributed by atoms with Crippen LogP contribution in [0.4, 0.5) is 17.1 Å². The van der Waals surface area contributed by atoms with Gasteiger partial charge in [-0.25, -0.2) is 0 Å². The van der Waals surface area contributed by atoms with Gasteiger partial charge < -0.3 is 13.7 Å². The fraction of sp³-hybridized carbons (Fsp3) is 0. The molecule has 0 aliphatic heterocycles. The van der Waals surface area contributed by atoms with Crippen LogP contribution in [-0.4, -0.2) is 0 Å². The van der Waals surface area contributed by atoms with E-state index >= 15 is 0 Å². The number of anilines is 3. The fourth-order valence-electron chi connectivity index (χ4n) is 9.82. The molecule has 0 amide bonds. The lowest BCUT2D eigenvalue weighted by molar-refractivity contribution is 0.672. The first kappa shape index (κ1) is 33.8. The molecular weight excluding hydrogens is 743 g/mol. The van der Waals surface area contributed by atoms with E-state index in [2.05, 4.69) is 217 Å². The molecule has 0 bridgehead atoms. The maximum Gasteiger partial charge on any atom is 0.143 e. The average molecular weight is 778 g/mol. The van der Waals surface area contributed by atoms with Gasteiger partial charge in [0.2, 0.25) is 0 Å². The number of nitrogens with zero attached hydrogens (tertiary/aromatic N) is 1. The van der Waals surface area contributed by atoms with Crippen LogP contribution < -0.4 is 4.90 Å². The molecule has 0 radical (unpaired) electrons. The van der Waals surface area contributed by atoms with Crippen LogP contribution in [-0.2, 0) is 0 Å². The zero-order valence-electron chi connectivity index (χ0n) is 33.0. The van der Waals surface area contributed by atoms with Gasteiger partial charge in [-0.15, -0.1) is 0 Å². The van der Waals surface area contributed by atoms with Crippen LogP contribution in [0, 0.1) is 0 Å². The summed E-state index contributed by atoms with van der Waals surface area (Å²) in [6.07, 6.45) is 0. The Morgan fingerprint density at radius 3 is 1.43 bits per heavy atom. The number of hydrogen-bond donors (Lipinski definition) is 0. The highest BCUT2D eigenvalue weighted by atomic mass is 16.3. The lowest BCUT2D eigenvalue weighted by atomic mass is 9.93. The van der Waals surface area contributed by atoms with E-state index in [1.165, 1.54) is 38.1 Å². The minimum Gasteiger partial charge on any atom is -0.455 e. The van der Waals surface area contributed by atoms with Gasteiger partial charge in [-0.05, 0) is 115 Å². The molecule has 0 saturated heterocycles. The lowest BCUT2D eigenvalue weighted by Gasteiger charge is -2.27. The Labute approximate surface area is 350 Å². The van der Waals surface area contributed by atoms with E-state index in [4.69, 9.17) is 8.83 Å². The molecule has 0 aliphatic carbocycles. The van der Waals surface area contributed by atoms with E-state index in [-0.39, 0.29) is 0 Å². The first-order valence-electron chi connectivity index (χ1n) is 20.8. The summed E-state index contributed by atoms with van der Waals surface area (Å²) in [5.74, 6) is 0. The number of furan rings is 2. The second-order valence-electron chi connectivity index (χ2n) is 16.0. The molecular formula is C58H35NO2. The third kappa shape index (κ3) is 5.17. The van der Waals surface area contributed by atoms with Crippen molar-refractivity contribution in [2.75, 3.05) is 4.90 Å². The molecule has 0 spiro atoms. The Hall–Kier alpha value is -8.14. The van der Waals surface area contributed by atoms with E-state index in [0.29, 0.717) is 0 Å². The molecule has 2 aromatic heterocycles. The Morgan fingerprint density at radius 1 is 0.295 bits per heavy atom. The maximum atomic E-state index is 6.72. The molecule has 0 N–H and O–H groups in total. The van der Waals surface area contributed by atoms with Gasteiger partial charge in [0.1, 0.15) is 22.3 Å². The average Bonchev–Trinajstić information content (AvgIpc) is 3.92. The summed E-state index contributed by atoms with van der Waals surface area (Å²) >= 11 is 0. The highest BCUT2D eigenvalue weighted by molar-refractivity contribution is 6.21. The zero-order chi connectivity index (χ0) is 40.0. The van der Waals surface area contributed by atoms with Crippen molar-refractivity contribution >= 4 is 104 Å². The summed E-state index contributed by atoms with van der Waals surface area (Å²) in [5.41, 5.74) is 11.4. The van der Waals surface area contributed by atoms with Gasteiger partial charge in [-0.3, -0.25) is 0 Å². The third-order valence-electron chi connectivity index (χ3n) is 12.6. The number of benzene rings is 11. The van der Waals surface area contributed by atoms with Crippen molar-refractivity contribution in [2.45, 2.75) is 0 Å². The molecule has 61 heavy (non-hydrogen) atoms. The molecule has 11 aromatic carbocycles. The molecule has 2 heterocycles. The number of fused-ring (bicyclic) bond motifs is 13. The Balaban J connectivity index is 0.990. The summed E-state index contributed by atoms with van der Waals surface area (Å²) in [6, 6.07) is 76.2. The summed E-state index contributed by atoms with van der Waals surface area (Å²) in [4.78, 5) is 2.37. The van der Waals surface area contributed by atoms with E-state index in [9.17, 15) is 0 Å². The van der Waals surface area contributed by atoms with Crippen LogP contribution in [0.3, 0.4) is 0 Å². The van der Waals surface area contributed by atoms with Gasteiger partial charge in [-0.1, -0.05) is 152 Å². The van der Waals surface area contributed by atoms with E-state index in [1.807, 2.05) is 0 Å². The number of rotatable bonds is 5. The smallest absolute Gasteiger partial charge is 0.143 e. The van der Waals surface area contributed by atoms with Crippen molar-refractivity contribution in [2.24, 2.45) is 0 Å². The molecule has 0 saturated carbocycles. The fourth-order valence-corrected chi connectivity index (χ4v) is 9.82. The van der Waals surface area contributed by atoms with Gasteiger partial charge in [0.25, 0.3) is 0 Å². The molecule has 0 fully saturated rings. The third-order valence-corrected chi connectivity index (χ3v) is 12.6. The second-order valence-corrected chi connectivity index (χ2v) is 16.0. The predicted molar refractivity (Wildman–Crippen MR) is 257 cm³/mol. The number of hydrogen-bond acceptors (Lipinski definition) is 3. The van der Waals surface area contributed by atoms with Crippen molar-refractivity contribution in [3.63, 3.8) is 0 Å². The van der Waals surface area contributed by atoms with Crippen molar-refractivity contribution < 1.29 is 8.83 Å². The summed E-state index contributed by atoms with van der Waals surface area (Å²) < 4.78 is 13.3. The van der Waals surface area contributed by atoms with Crippen molar-refractivity contribution in [3.05, 3.63) is 212 Å². The van der Waals surface area contributed by atoms with Gasteiger partial charge in [0.15, 0.2) is 0 Å².